The zero-order valence-corrected chi connectivity index (χ0v) is 10.1. The molecule has 0 aliphatic carbocycles. The van der Waals surface area contributed by atoms with E-state index in [9.17, 15) is 4.79 Å². The summed E-state index contributed by atoms with van der Waals surface area (Å²) in [6.45, 7) is 2.40. The summed E-state index contributed by atoms with van der Waals surface area (Å²) in [5.74, 6) is 0.553. The molecular weight excluding hydrogens is 267 g/mol. The molecule has 0 aliphatic rings. The molecule has 2 nitrogen and oxygen atoms in total. The molecule has 76 valence electrons. The predicted molar refractivity (Wildman–Crippen MR) is 60.7 cm³/mol. The molecule has 0 amide bonds. The standard InChI is InChI=1S/C10H10BrClO2/c1-2-14-10-4-3-7(12)5-8(10)9(13)6-11/h3-5H,2,6H2,1H3. The largest absolute Gasteiger partial charge is 0.493 e. The highest BCUT2D eigenvalue weighted by Crippen LogP contribution is 2.23. The molecule has 0 N–H and O–H groups in total. The third-order valence-electron chi connectivity index (χ3n) is 1.66. The number of halogens is 2. The highest BCUT2D eigenvalue weighted by molar-refractivity contribution is 9.09. The summed E-state index contributed by atoms with van der Waals surface area (Å²) in [6.07, 6.45) is 0. The smallest absolute Gasteiger partial charge is 0.177 e. The van der Waals surface area contributed by atoms with Crippen molar-refractivity contribution < 1.29 is 9.53 Å². The van der Waals surface area contributed by atoms with Crippen LogP contribution in [0.1, 0.15) is 17.3 Å². The van der Waals surface area contributed by atoms with Crippen LogP contribution in [-0.2, 0) is 0 Å². The van der Waals surface area contributed by atoms with Gasteiger partial charge >= 0.3 is 0 Å². The van der Waals surface area contributed by atoms with E-state index in [4.69, 9.17) is 16.3 Å². The van der Waals surface area contributed by atoms with Crippen LogP contribution in [0.4, 0.5) is 0 Å². The average Bonchev–Trinajstić information content (AvgIpc) is 2.20. The lowest BCUT2D eigenvalue weighted by Crippen LogP contribution is -2.04. The molecule has 0 bridgehead atoms. The summed E-state index contributed by atoms with van der Waals surface area (Å²) in [4.78, 5) is 11.5. The van der Waals surface area contributed by atoms with Crippen molar-refractivity contribution in [3.8, 4) is 5.75 Å². The third-order valence-corrected chi connectivity index (χ3v) is 2.41. The van der Waals surface area contributed by atoms with Crippen molar-refractivity contribution in [1.82, 2.24) is 0 Å². The summed E-state index contributed by atoms with van der Waals surface area (Å²) < 4.78 is 5.31. The van der Waals surface area contributed by atoms with Gasteiger partial charge in [0.25, 0.3) is 0 Å². The number of carbonyl (C=O) groups excluding carboxylic acids is 1. The Bertz CT molecular complexity index is 339. The van der Waals surface area contributed by atoms with Crippen LogP contribution in [0.25, 0.3) is 0 Å². The summed E-state index contributed by atoms with van der Waals surface area (Å²) in [6, 6.07) is 5.04. The van der Waals surface area contributed by atoms with Crippen LogP contribution in [0.5, 0.6) is 5.75 Å². The van der Waals surface area contributed by atoms with Crippen molar-refractivity contribution in [3.63, 3.8) is 0 Å². The Hall–Kier alpha value is -0.540. The van der Waals surface area contributed by atoms with Gasteiger partial charge in [-0.05, 0) is 25.1 Å². The Kier molecular flexibility index (Phi) is 4.42. The van der Waals surface area contributed by atoms with Gasteiger partial charge in [0.2, 0.25) is 0 Å². The van der Waals surface area contributed by atoms with E-state index in [2.05, 4.69) is 15.9 Å². The Labute approximate surface area is 96.3 Å². The number of Topliss-reactive ketones (excluding diaryl/α,β-unsaturated/α-hetero) is 1. The maximum absolute atomic E-state index is 11.5. The quantitative estimate of drug-likeness (QED) is 0.623. The first-order chi connectivity index (χ1) is 6.69. The van der Waals surface area contributed by atoms with E-state index in [1.807, 2.05) is 6.92 Å². The Morgan fingerprint density at radius 1 is 1.57 bits per heavy atom. The number of carbonyl (C=O) groups is 1. The fourth-order valence-electron chi connectivity index (χ4n) is 1.07. The second kappa shape index (κ2) is 5.37. The van der Waals surface area contributed by atoms with Crippen LogP contribution in [0.15, 0.2) is 18.2 Å². The maximum atomic E-state index is 11.5. The molecule has 1 aromatic carbocycles. The van der Waals surface area contributed by atoms with Gasteiger partial charge in [0, 0.05) is 5.02 Å². The van der Waals surface area contributed by atoms with Crippen LogP contribution in [0, 0.1) is 0 Å². The number of ketones is 1. The molecule has 1 rings (SSSR count). The van der Waals surface area contributed by atoms with Crippen molar-refractivity contribution in [3.05, 3.63) is 28.8 Å². The average molecular weight is 278 g/mol. The Morgan fingerprint density at radius 3 is 2.86 bits per heavy atom. The summed E-state index contributed by atoms with van der Waals surface area (Å²) in [5, 5.41) is 0.811. The molecule has 0 saturated carbocycles. The molecule has 14 heavy (non-hydrogen) atoms. The van der Waals surface area contributed by atoms with Crippen molar-refractivity contribution in [1.29, 1.82) is 0 Å². The number of hydrogen-bond donors (Lipinski definition) is 0. The topological polar surface area (TPSA) is 26.3 Å². The van der Waals surface area contributed by atoms with Crippen molar-refractivity contribution >= 4 is 33.3 Å². The lowest BCUT2D eigenvalue weighted by molar-refractivity contribution is 0.102. The monoisotopic (exact) mass is 276 g/mol. The van der Waals surface area contributed by atoms with Gasteiger partial charge in [0.1, 0.15) is 5.75 Å². The zero-order chi connectivity index (χ0) is 10.6. The molecular formula is C10H10BrClO2. The molecule has 0 radical (unpaired) electrons. The fraction of sp³-hybridized carbons (Fsp3) is 0.300. The Morgan fingerprint density at radius 2 is 2.29 bits per heavy atom. The van der Waals surface area contributed by atoms with Crippen LogP contribution in [0.3, 0.4) is 0 Å². The molecule has 0 aromatic heterocycles. The minimum atomic E-state index is -0.0315. The zero-order valence-electron chi connectivity index (χ0n) is 7.72. The van der Waals surface area contributed by atoms with Gasteiger partial charge in [-0.3, -0.25) is 4.79 Å². The lowest BCUT2D eigenvalue weighted by Gasteiger charge is -2.08. The summed E-state index contributed by atoms with van der Waals surface area (Å²) >= 11 is 8.91. The van der Waals surface area contributed by atoms with E-state index in [1.54, 1.807) is 18.2 Å². The first-order valence-corrected chi connectivity index (χ1v) is 5.70. The molecule has 0 spiro atoms. The Balaban J connectivity index is 3.08. The van der Waals surface area contributed by atoms with Crippen LogP contribution in [-0.4, -0.2) is 17.7 Å². The van der Waals surface area contributed by atoms with Gasteiger partial charge in [0.05, 0.1) is 17.5 Å². The van der Waals surface area contributed by atoms with Crippen LogP contribution in [0.2, 0.25) is 5.02 Å². The minimum Gasteiger partial charge on any atom is -0.493 e. The maximum Gasteiger partial charge on any atom is 0.177 e. The van der Waals surface area contributed by atoms with E-state index in [0.717, 1.165) is 0 Å². The minimum absolute atomic E-state index is 0.0315. The summed E-state index contributed by atoms with van der Waals surface area (Å²) in [7, 11) is 0. The van der Waals surface area contributed by atoms with Gasteiger partial charge in [-0.2, -0.15) is 0 Å². The number of hydrogen-bond acceptors (Lipinski definition) is 2. The van der Waals surface area contributed by atoms with E-state index in [-0.39, 0.29) is 11.1 Å². The van der Waals surface area contributed by atoms with E-state index in [1.165, 1.54) is 0 Å². The van der Waals surface area contributed by atoms with Crippen molar-refractivity contribution in [2.45, 2.75) is 6.92 Å². The van der Waals surface area contributed by atoms with Gasteiger partial charge in [-0.15, -0.1) is 0 Å². The van der Waals surface area contributed by atoms with Gasteiger partial charge in [-0.1, -0.05) is 27.5 Å². The second-order valence-corrected chi connectivity index (χ2v) is 3.63. The van der Waals surface area contributed by atoms with Gasteiger partial charge in [0.15, 0.2) is 5.78 Å². The summed E-state index contributed by atoms with van der Waals surface area (Å²) in [5.41, 5.74) is 0.524. The molecule has 1 aromatic rings. The first kappa shape index (κ1) is 11.5. The van der Waals surface area contributed by atoms with Gasteiger partial charge in [-0.25, -0.2) is 0 Å². The van der Waals surface area contributed by atoms with E-state index in [0.29, 0.717) is 22.9 Å². The molecule has 0 atom stereocenters. The third kappa shape index (κ3) is 2.72. The SMILES string of the molecule is CCOc1ccc(Cl)cc1C(=O)CBr. The number of benzene rings is 1. The second-order valence-electron chi connectivity index (χ2n) is 2.63. The molecule has 0 heterocycles. The van der Waals surface area contributed by atoms with Gasteiger partial charge < -0.3 is 4.74 Å². The van der Waals surface area contributed by atoms with E-state index < -0.39 is 0 Å². The number of rotatable bonds is 4. The highest BCUT2D eigenvalue weighted by Gasteiger charge is 2.11. The van der Waals surface area contributed by atoms with Crippen molar-refractivity contribution in [2.75, 3.05) is 11.9 Å². The van der Waals surface area contributed by atoms with Crippen LogP contribution < -0.4 is 4.74 Å². The molecule has 0 fully saturated rings. The molecule has 4 heteroatoms. The fourth-order valence-corrected chi connectivity index (χ4v) is 1.55. The van der Waals surface area contributed by atoms with Crippen LogP contribution >= 0.6 is 27.5 Å². The number of alkyl halides is 1. The normalized spacial score (nSPS) is 9.93. The highest BCUT2D eigenvalue weighted by atomic mass is 79.9. The van der Waals surface area contributed by atoms with Crippen molar-refractivity contribution in [2.24, 2.45) is 0 Å². The first-order valence-electron chi connectivity index (χ1n) is 4.20. The van der Waals surface area contributed by atoms with E-state index >= 15 is 0 Å². The number of ether oxygens (including phenoxy) is 1. The molecule has 0 unspecified atom stereocenters. The lowest BCUT2D eigenvalue weighted by atomic mass is 10.1. The predicted octanol–water partition coefficient (Wildman–Crippen LogP) is 3.32. The molecule has 0 aliphatic heterocycles. The molecule has 0 saturated heterocycles.